The topological polar surface area (TPSA) is 51.0 Å². The molecule has 0 saturated carbocycles. The number of aromatic nitrogens is 3. The normalized spacial score (nSPS) is 20.4. The summed E-state index contributed by atoms with van der Waals surface area (Å²) in [6.07, 6.45) is 6.34. The number of halogens is 2. The number of nitrogens with zero attached hydrogens (tertiary/aromatic N) is 4. The van der Waals surface area contributed by atoms with Crippen LogP contribution in [0.5, 0.6) is 0 Å². The number of amides is 1. The number of rotatable bonds is 2. The van der Waals surface area contributed by atoms with Crippen molar-refractivity contribution in [2.45, 2.75) is 51.1 Å². The zero-order valence-electron chi connectivity index (χ0n) is 13.9. The van der Waals surface area contributed by atoms with Crippen molar-refractivity contribution in [2.24, 2.45) is 0 Å². The smallest absolute Gasteiger partial charge is 0.256 e. The minimum Gasteiger partial charge on any atom is -0.328 e. The Labute approximate surface area is 156 Å². The van der Waals surface area contributed by atoms with Crippen LogP contribution in [0.25, 0.3) is 0 Å². The summed E-state index contributed by atoms with van der Waals surface area (Å²) in [4.78, 5) is 15.0. The van der Waals surface area contributed by atoms with Crippen molar-refractivity contribution in [3.63, 3.8) is 0 Å². The van der Waals surface area contributed by atoms with Crippen molar-refractivity contribution in [3.05, 3.63) is 45.5 Å². The second-order valence-electron chi connectivity index (χ2n) is 6.69. The molecule has 1 aromatic carbocycles. The zero-order chi connectivity index (χ0) is 17.4. The first-order valence-electron chi connectivity index (χ1n) is 8.84. The highest BCUT2D eigenvalue weighted by Crippen LogP contribution is 2.35. The van der Waals surface area contributed by atoms with Crippen molar-refractivity contribution < 1.29 is 4.79 Å². The highest BCUT2D eigenvalue weighted by Gasteiger charge is 2.35. The van der Waals surface area contributed by atoms with Crippen LogP contribution in [0, 0.1) is 0 Å². The fraction of sp³-hybridized carbons (Fsp3) is 0.500. The first-order chi connectivity index (χ1) is 12.2. The molecule has 1 fully saturated rings. The number of carbonyl (C=O) groups is 1. The van der Waals surface area contributed by atoms with E-state index in [1.807, 2.05) is 4.90 Å². The molecule has 132 valence electrons. The van der Waals surface area contributed by atoms with E-state index >= 15 is 0 Å². The van der Waals surface area contributed by atoms with Gasteiger partial charge in [-0.25, -0.2) is 0 Å². The van der Waals surface area contributed by atoms with Gasteiger partial charge in [-0.2, -0.15) is 0 Å². The second-order valence-corrected chi connectivity index (χ2v) is 7.48. The van der Waals surface area contributed by atoms with Crippen molar-refractivity contribution >= 4 is 29.1 Å². The van der Waals surface area contributed by atoms with Crippen LogP contribution in [0.1, 0.15) is 60.2 Å². The van der Waals surface area contributed by atoms with Gasteiger partial charge in [-0.3, -0.25) is 4.79 Å². The summed E-state index contributed by atoms with van der Waals surface area (Å²) in [6.45, 7) is 1.64. The third-order valence-electron chi connectivity index (χ3n) is 5.13. The molecule has 4 rings (SSSR count). The van der Waals surface area contributed by atoms with E-state index in [0.717, 1.165) is 50.3 Å². The molecule has 7 heteroatoms. The average Bonchev–Trinajstić information content (AvgIpc) is 3.17. The molecule has 1 atom stereocenters. The van der Waals surface area contributed by atoms with Crippen LogP contribution in [0.2, 0.25) is 10.0 Å². The quantitative estimate of drug-likeness (QED) is 0.782. The highest BCUT2D eigenvalue weighted by molar-refractivity contribution is 6.43. The Bertz CT molecular complexity index is 804. The summed E-state index contributed by atoms with van der Waals surface area (Å²) in [7, 11) is 0. The summed E-state index contributed by atoms with van der Waals surface area (Å²) in [6, 6.07) is 5.15. The molecule has 25 heavy (non-hydrogen) atoms. The Morgan fingerprint density at radius 2 is 1.96 bits per heavy atom. The maximum Gasteiger partial charge on any atom is 0.256 e. The van der Waals surface area contributed by atoms with Crippen LogP contribution < -0.4 is 0 Å². The van der Waals surface area contributed by atoms with Gasteiger partial charge in [0, 0.05) is 19.5 Å². The molecule has 1 saturated heterocycles. The average molecular weight is 379 g/mol. The predicted molar refractivity (Wildman–Crippen MR) is 97.1 cm³/mol. The summed E-state index contributed by atoms with van der Waals surface area (Å²) >= 11 is 12.3. The van der Waals surface area contributed by atoms with Crippen molar-refractivity contribution in [1.82, 2.24) is 19.7 Å². The molecule has 1 amide bonds. The zero-order valence-corrected chi connectivity index (χ0v) is 15.4. The number of carbonyl (C=O) groups excluding carboxylic acids is 1. The van der Waals surface area contributed by atoms with Gasteiger partial charge in [0.15, 0.2) is 5.82 Å². The maximum absolute atomic E-state index is 13.1. The molecule has 0 radical (unpaired) electrons. The van der Waals surface area contributed by atoms with Gasteiger partial charge in [-0.1, -0.05) is 35.7 Å². The van der Waals surface area contributed by atoms with E-state index in [0.29, 0.717) is 22.2 Å². The van der Waals surface area contributed by atoms with Crippen LogP contribution in [0.3, 0.4) is 0 Å². The summed E-state index contributed by atoms with van der Waals surface area (Å²) in [5.41, 5.74) is 0.455. The molecule has 0 spiro atoms. The van der Waals surface area contributed by atoms with E-state index in [4.69, 9.17) is 23.2 Å². The molecule has 0 bridgehead atoms. The van der Waals surface area contributed by atoms with Gasteiger partial charge < -0.3 is 9.47 Å². The molecule has 2 aromatic rings. The standard InChI is InChI=1S/C18H20Cl2N4O/c19-13-7-4-6-12(16(13)20)18(25)23-11-5-8-14(23)17-22-21-15-9-2-1-3-10-24(15)17/h4,6-7,14H,1-3,5,8-11H2. The van der Waals surface area contributed by atoms with Gasteiger partial charge in [0.05, 0.1) is 21.7 Å². The molecular weight excluding hydrogens is 359 g/mol. The Morgan fingerprint density at radius 1 is 1.08 bits per heavy atom. The lowest BCUT2D eigenvalue weighted by Crippen LogP contribution is -2.32. The number of benzene rings is 1. The van der Waals surface area contributed by atoms with E-state index in [1.165, 1.54) is 6.42 Å². The number of hydrogen-bond donors (Lipinski definition) is 0. The number of hydrogen-bond acceptors (Lipinski definition) is 3. The summed E-state index contributed by atoms with van der Waals surface area (Å²) in [5, 5.41) is 9.56. The maximum atomic E-state index is 13.1. The Kier molecular flexibility index (Phi) is 4.69. The number of aryl methyl sites for hydroxylation is 1. The third-order valence-corrected chi connectivity index (χ3v) is 5.95. The van der Waals surface area contributed by atoms with E-state index in [9.17, 15) is 4.79 Å². The first-order valence-corrected chi connectivity index (χ1v) is 9.59. The number of likely N-dealkylation sites (tertiary alicyclic amines) is 1. The molecule has 0 N–H and O–H groups in total. The van der Waals surface area contributed by atoms with E-state index in [1.54, 1.807) is 18.2 Å². The van der Waals surface area contributed by atoms with Crippen LogP contribution in [0.15, 0.2) is 18.2 Å². The molecule has 2 aliphatic rings. The van der Waals surface area contributed by atoms with Crippen molar-refractivity contribution in [3.8, 4) is 0 Å². The van der Waals surface area contributed by atoms with Gasteiger partial charge in [0.1, 0.15) is 5.82 Å². The van der Waals surface area contributed by atoms with Gasteiger partial charge >= 0.3 is 0 Å². The Hall–Kier alpha value is -1.59. The van der Waals surface area contributed by atoms with E-state index in [2.05, 4.69) is 14.8 Å². The minimum atomic E-state index is -0.0824. The fourth-order valence-electron chi connectivity index (χ4n) is 3.86. The van der Waals surface area contributed by atoms with Crippen LogP contribution in [0.4, 0.5) is 0 Å². The van der Waals surface area contributed by atoms with Gasteiger partial charge in [0.2, 0.25) is 0 Å². The van der Waals surface area contributed by atoms with Crippen LogP contribution in [-0.2, 0) is 13.0 Å². The van der Waals surface area contributed by atoms with Crippen molar-refractivity contribution in [2.75, 3.05) is 6.54 Å². The Morgan fingerprint density at radius 3 is 2.84 bits per heavy atom. The predicted octanol–water partition coefficient (Wildman–Crippen LogP) is 4.29. The van der Waals surface area contributed by atoms with Gasteiger partial charge in [-0.05, 0) is 37.8 Å². The fourth-order valence-corrected chi connectivity index (χ4v) is 4.24. The summed E-state index contributed by atoms with van der Waals surface area (Å²) in [5.74, 6) is 1.88. The molecular formula is C18H20Cl2N4O. The lowest BCUT2D eigenvalue weighted by molar-refractivity contribution is 0.0727. The number of fused-ring (bicyclic) bond motifs is 1. The molecule has 1 aromatic heterocycles. The second kappa shape index (κ2) is 6.96. The van der Waals surface area contributed by atoms with E-state index < -0.39 is 0 Å². The highest BCUT2D eigenvalue weighted by atomic mass is 35.5. The summed E-state index contributed by atoms with van der Waals surface area (Å²) < 4.78 is 2.23. The largest absolute Gasteiger partial charge is 0.328 e. The van der Waals surface area contributed by atoms with Crippen LogP contribution in [-0.4, -0.2) is 32.1 Å². The minimum absolute atomic E-state index is 0.0399. The molecule has 2 aliphatic heterocycles. The molecule has 1 unspecified atom stereocenters. The molecule has 5 nitrogen and oxygen atoms in total. The monoisotopic (exact) mass is 378 g/mol. The van der Waals surface area contributed by atoms with E-state index in [-0.39, 0.29) is 11.9 Å². The van der Waals surface area contributed by atoms with Crippen LogP contribution >= 0.6 is 23.2 Å². The molecule has 3 heterocycles. The van der Waals surface area contributed by atoms with Gasteiger partial charge in [0.25, 0.3) is 5.91 Å². The lowest BCUT2D eigenvalue weighted by atomic mass is 10.1. The molecule has 0 aliphatic carbocycles. The van der Waals surface area contributed by atoms with Gasteiger partial charge in [-0.15, -0.1) is 10.2 Å². The lowest BCUT2D eigenvalue weighted by Gasteiger charge is -2.25. The third kappa shape index (κ3) is 3.04. The van der Waals surface area contributed by atoms with Crippen molar-refractivity contribution in [1.29, 1.82) is 0 Å². The SMILES string of the molecule is O=C(c1cccc(Cl)c1Cl)N1CCCC1c1nnc2n1CCCCC2. The Balaban J connectivity index is 1.66. The first kappa shape index (κ1) is 16.9.